The molecule has 5 nitrogen and oxygen atoms in total. The Labute approximate surface area is 129 Å². The molecule has 0 radical (unpaired) electrons. The van der Waals surface area contributed by atoms with E-state index < -0.39 is 5.60 Å². The quantitative estimate of drug-likeness (QED) is 0.874. The second kappa shape index (κ2) is 4.62. The van der Waals surface area contributed by atoms with Gasteiger partial charge in [-0.05, 0) is 56.2 Å². The van der Waals surface area contributed by atoms with Crippen molar-refractivity contribution in [1.82, 2.24) is 5.32 Å². The summed E-state index contributed by atoms with van der Waals surface area (Å²) in [6, 6.07) is 5.83. The van der Waals surface area contributed by atoms with Gasteiger partial charge in [0.25, 0.3) is 0 Å². The number of amides is 1. The second-order valence-corrected chi connectivity index (χ2v) is 7.01. The Balaban J connectivity index is 1.46. The number of aliphatic hydroxyl groups is 1. The van der Waals surface area contributed by atoms with Gasteiger partial charge in [-0.15, -0.1) is 0 Å². The molecule has 1 aliphatic heterocycles. The van der Waals surface area contributed by atoms with E-state index in [4.69, 9.17) is 9.47 Å². The fourth-order valence-corrected chi connectivity index (χ4v) is 3.29. The minimum atomic E-state index is -0.880. The number of hydrogen-bond donors (Lipinski definition) is 2. The zero-order chi connectivity index (χ0) is 15.4. The van der Waals surface area contributed by atoms with Crippen molar-refractivity contribution >= 4 is 5.91 Å². The molecule has 0 bridgehead atoms. The van der Waals surface area contributed by atoms with Crippen LogP contribution in [0.4, 0.5) is 0 Å². The molecule has 2 N–H and O–H groups in total. The molecule has 1 atom stereocenters. The average molecular weight is 303 g/mol. The van der Waals surface area contributed by atoms with Gasteiger partial charge in [0.2, 0.25) is 12.7 Å². The molecule has 2 aliphatic carbocycles. The molecule has 0 saturated heterocycles. The molecule has 1 aromatic carbocycles. The maximum absolute atomic E-state index is 12.3. The van der Waals surface area contributed by atoms with E-state index in [0.29, 0.717) is 0 Å². The van der Waals surface area contributed by atoms with Crippen molar-refractivity contribution in [1.29, 1.82) is 0 Å². The fourth-order valence-electron chi connectivity index (χ4n) is 3.29. The first-order valence-corrected chi connectivity index (χ1v) is 7.92. The molecule has 1 heterocycles. The van der Waals surface area contributed by atoms with Crippen LogP contribution in [-0.4, -0.2) is 23.4 Å². The molecular weight excluding hydrogens is 282 g/mol. The highest BCUT2D eigenvalue weighted by Crippen LogP contribution is 2.48. The van der Waals surface area contributed by atoms with E-state index in [1.165, 1.54) is 0 Å². The van der Waals surface area contributed by atoms with Crippen LogP contribution in [0.5, 0.6) is 11.5 Å². The van der Waals surface area contributed by atoms with Crippen molar-refractivity contribution in [2.45, 2.75) is 50.2 Å². The average Bonchev–Trinajstić information content (AvgIpc) is 3.36. The Morgan fingerprint density at radius 2 is 2.09 bits per heavy atom. The predicted octanol–water partition coefficient (Wildman–Crippen LogP) is 2.07. The lowest BCUT2D eigenvalue weighted by Crippen LogP contribution is -2.40. The molecule has 22 heavy (non-hydrogen) atoms. The summed E-state index contributed by atoms with van der Waals surface area (Å²) in [5.41, 5.74) is -0.122. The number of fused-ring (bicyclic) bond motifs is 1. The minimum absolute atomic E-state index is 0.0768. The van der Waals surface area contributed by atoms with Crippen LogP contribution in [0.1, 0.15) is 44.6 Å². The van der Waals surface area contributed by atoms with Gasteiger partial charge in [-0.1, -0.05) is 6.07 Å². The molecule has 118 valence electrons. The first-order valence-electron chi connectivity index (χ1n) is 7.92. The number of hydrogen-bond acceptors (Lipinski definition) is 4. The highest BCUT2D eigenvalue weighted by atomic mass is 16.7. The SMILES string of the molecule is CC(O)(CC(=O)NC1(c2ccc3c(c2)OCO3)CC1)C1CC1. The van der Waals surface area contributed by atoms with Crippen molar-refractivity contribution < 1.29 is 19.4 Å². The maximum Gasteiger partial charge on any atom is 0.231 e. The van der Waals surface area contributed by atoms with Crippen molar-refractivity contribution in [2.75, 3.05) is 6.79 Å². The Bertz CT molecular complexity index is 617. The van der Waals surface area contributed by atoms with Crippen LogP contribution >= 0.6 is 0 Å². The molecule has 1 aromatic rings. The summed E-state index contributed by atoms with van der Waals surface area (Å²) < 4.78 is 10.7. The monoisotopic (exact) mass is 303 g/mol. The molecule has 0 aromatic heterocycles. The highest BCUT2D eigenvalue weighted by Gasteiger charge is 2.48. The second-order valence-electron chi connectivity index (χ2n) is 7.01. The highest BCUT2D eigenvalue weighted by molar-refractivity contribution is 5.78. The first kappa shape index (κ1) is 13.9. The first-order chi connectivity index (χ1) is 10.5. The Hall–Kier alpha value is -1.75. The van der Waals surface area contributed by atoms with E-state index in [-0.39, 0.29) is 30.6 Å². The number of rotatable bonds is 5. The number of benzene rings is 1. The van der Waals surface area contributed by atoms with Crippen LogP contribution < -0.4 is 14.8 Å². The Morgan fingerprint density at radius 1 is 1.36 bits per heavy atom. The molecule has 2 saturated carbocycles. The summed E-state index contributed by atoms with van der Waals surface area (Å²) >= 11 is 0. The number of carbonyl (C=O) groups excluding carboxylic acids is 1. The largest absolute Gasteiger partial charge is 0.454 e. The summed E-state index contributed by atoms with van der Waals surface area (Å²) in [6.45, 7) is 2.02. The molecule has 0 spiro atoms. The van der Waals surface area contributed by atoms with E-state index in [0.717, 1.165) is 42.7 Å². The van der Waals surface area contributed by atoms with Gasteiger partial charge in [0.1, 0.15) is 0 Å². The van der Waals surface area contributed by atoms with Crippen LogP contribution in [-0.2, 0) is 10.3 Å². The van der Waals surface area contributed by atoms with Gasteiger partial charge in [0.05, 0.1) is 17.6 Å². The lowest BCUT2D eigenvalue weighted by atomic mass is 9.95. The zero-order valence-electron chi connectivity index (χ0n) is 12.7. The minimum Gasteiger partial charge on any atom is -0.454 e. The van der Waals surface area contributed by atoms with Gasteiger partial charge in [0, 0.05) is 0 Å². The molecular formula is C17H21NO4. The number of ether oxygens (including phenoxy) is 2. The van der Waals surface area contributed by atoms with E-state index in [1.54, 1.807) is 6.92 Å². The summed E-state index contributed by atoms with van der Waals surface area (Å²) in [4.78, 5) is 12.3. The molecule has 1 unspecified atom stereocenters. The van der Waals surface area contributed by atoms with Crippen molar-refractivity contribution in [3.05, 3.63) is 23.8 Å². The Morgan fingerprint density at radius 3 is 2.77 bits per heavy atom. The smallest absolute Gasteiger partial charge is 0.231 e. The maximum atomic E-state index is 12.3. The van der Waals surface area contributed by atoms with Gasteiger partial charge in [-0.2, -0.15) is 0 Å². The summed E-state index contributed by atoms with van der Waals surface area (Å²) in [5.74, 6) is 1.69. The van der Waals surface area contributed by atoms with E-state index in [9.17, 15) is 9.90 Å². The van der Waals surface area contributed by atoms with Crippen LogP contribution in [0, 0.1) is 5.92 Å². The third kappa shape index (κ3) is 2.43. The van der Waals surface area contributed by atoms with Crippen molar-refractivity contribution in [3.63, 3.8) is 0 Å². The zero-order valence-corrected chi connectivity index (χ0v) is 12.7. The van der Waals surface area contributed by atoms with Crippen LogP contribution in [0.3, 0.4) is 0 Å². The summed E-state index contributed by atoms with van der Waals surface area (Å²) in [6.07, 6.45) is 4.05. The third-order valence-electron chi connectivity index (χ3n) is 5.03. The molecule has 3 aliphatic rings. The van der Waals surface area contributed by atoms with E-state index in [1.807, 2.05) is 18.2 Å². The van der Waals surface area contributed by atoms with Gasteiger partial charge in [0.15, 0.2) is 11.5 Å². The summed E-state index contributed by atoms with van der Waals surface area (Å²) in [7, 11) is 0. The van der Waals surface area contributed by atoms with E-state index in [2.05, 4.69) is 5.32 Å². The topological polar surface area (TPSA) is 67.8 Å². The van der Waals surface area contributed by atoms with Gasteiger partial charge in [-0.3, -0.25) is 4.79 Å². The number of carbonyl (C=O) groups is 1. The van der Waals surface area contributed by atoms with Crippen molar-refractivity contribution in [2.24, 2.45) is 5.92 Å². The molecule has 5 heteroatoms. The lowest BCUT2D eigenvalue weighted by Gasteiger charge is -2.25. The lowest BCUT2D eigenvalue weighted by molar-refractivity contribution is -0.127. The van der Waals surface area contributed by atoms with E-state index >= 15 is 0 Å². The summed E-state index contributed by atoms with van der Waals surface area (Å²) in [5, 5.41) is 13.5. The predicted molar refractivity (Wildman–Crippen MR) is 79.6 cm³/mol. The molecule has 2 fully saturated rings. The van der Waals surface area contributed by atoms with Crippen LogP contribution in [0.25, 0.3) is 0 Å². The number of nitrogens with one attached hydrogen (secondary N) is 1. The Kier molecular flexibility index (Phi) is 2.92. The molecule has 1 amide bonds. The molecule has 4 rings (SSSR count). The third-order valence-corrected chi connectivity index (χ3v) is 5.03. The van der Waals surface area contributed by atoms with Crippen molar-refractivity contribution in [3.8, 4) is 11.5 Å². The fraction of sp³-hybridized carbons (Fsp3) is 0.588. The van der Waals surface area contributed by atoms with Gasteiger partial charge < -0.3 is 19.9 Å². The van der Waals surface area contributed by atoms with Crippen LogP contribution in [0.15, 0.2) is 18.2 Å². The standard InChI is InChI=1S/C17H21NO4/c1-16(20,11-2-3-11)9-15(19)18-17(6-7-17)12-4-5-13-14(8-12)22-10-21-13/h4-5,8,11,20H,2-3,6-7,9-10H2,1H3,(H,18,19). The normalized spacial score (nSPS) is 23.7. The van der Waals surface area contributed by atoms with Crippen LogP contribution in [0.2, 0.25) is 0 Å². The van der Waals surface area contributed by atoms with Gasteiger partial charge in [-0.25, -0.2) is 0 Å². The van der Waals surface area contributed by atoms with Gasteiger partial charge >= 0.3 is 0 Å².